The van der Waals surface area contributed by atoms with Crippen LogP contribution in [0.5, 0.6) is 29.0 Å². The minimum atomic E-state index is -4.88. The third kappa shape index (κ3) is 4.05. The monoisotopic (exact) mass is 395 g/mol. The lowest BCUT2D eigenvalue weighted by Crippen LogP contribution is -2.08. The first-order valence-corrected chi connectivity index (χ1v) is 7.75. The molecule has 0 saturated carbocycles. The molecule has 0 amide bonds. The van der Waals surface area contributed by atoms with Crippen molar-refractivity contribution < 1.29 is 31.8 Å². The Morgan fingerprint density at radius 3 is 2.21 bits per heavy atom. The molecule has 0 saturated heterocycles. The summed E-state index contributed by atoms with van der Waals surface area (Å²) in [5.74, 6) is -1.34. The van der Waals surface area contributed by atoms with Gasteiger partial charge < -0.3 is 19.9 Å². The highest BCUT2D eigenvalue weighted by Crippen LogP contribution is 2.38. The number of halogens is 4. The van der Waals surface area contributed by atoms with Crippen LogP contribution < -0.4 is 19.9 Å². The molecule has 10 heteroatoms. The van der Waals surface area contributed by atoms with E-state index in [2.05, 4.69) is 9.97 Å². The number of para-hydroxylation sites is 2. The number of nitrogens with two attached hydrogens (primary N) is 1. The first-order chi connectivity index (χ1) is 13.3. The van der Waals surface area contributed by atoms with Crippen molar-refractivity contribution in [1.82, 2.24) is 9.97 Å². The second-order valence-electron chi connectivity index (χ2n) is 5.39. The zero-order chi connectivity index (χ0) is 20.3. The Hall–Kier alpha value is -3.56. The van der Waals surface area contributed by atoms with E-state index in [0.717, 1.165) is 12.4 Å². The maximum Gasteiger partial charge on any atom is 0.419 e. The minimum Gasteiger partial charge on any atom is -0.493 e. The van der Waals surface area contributed by atoms with E-state index in [1.54, 1.807) is 24.3 Å². The number of benzene rings is 2. The molecular formula is C18H13F4N3O3. The Balaban J connectivity index is 1.90. The van der Waals surface area contributed by atoms with Crippen molar-refractivity contribution in [2.24, 2.45) is 0 Å². The maximum absolute atomic E-state index is 13.4. The molecule has 0 aliphatic heterocycles. The van der Waals surface area contributed by atoms with Crippen molar-refractivity contribution in [3.05, 3.63) is 60.2 Å². The summed E-state index contributed by atoms with van der Waals surface area (Å²) in [6.07, 6.45) is -3.82. The summed E-state index contributed by atoms with van der Waals surface area (Å²) >= 11 is 0. The van der Waals surface area contributed by atoms with Crippen LogP contribution >= 0.6 is 0 Å². The second kappa shape index (κ2) is 7.59. The zero-order valence-corrected chi connectivity index (χ0v) is 14.3. The summed E-state index contributed by atoms with van der Waals surface area (Å²) in [4.78, 5) is 7.68. The van der Waals surface area contributed by atoms with Gasteiger partial charge in [-0.05, 0) is 30.3 Å². The van der Waals surface area contributed by atoms with E-state index in [1.165, 1.54) is 7.11 Å². The Morgan fingerprint density at radius 2 is 1.57 bits per heavy atom. The van der Waals surface area contributed by atoms with Crippen LogP contribution in [0.25, 0.3) is 0 Å². The van der Waals surface area contributed by atoms with Crippen LogP contribution in [-0.2, 0) is 6.18 Å². The number of hydrogen-bond acceptors (Lipinski definition) is 6. The number of anilines is 1. The lowest BCUT2D eigenvalue weighted by molar-refractivity contribution is -0.140. The van der Waals surface area contributed by atoms with Gasteiger partial charge in [0.1, 0.15) is 17.9 Å². The number of nitrogen functional groups attached to an aromatic ring is 1. The standard InChI is InChI=1S/C18H13F4N3O3/c1-26-13-4-2-3-5-14(13)28-17-15(23)16(24-9-25-17)27-10-6-7-12(19)11(8-10)18(20,21)22/h2-9H,23H2,1H3. The molecule has 0 radical (unpaired) electrons. The number of nitrogens with zero attached hydrogens (tertiary/aromatic N) is 2. The molecule has 2 aromatic carbocycles. The Bertz CT molecular complexity index is 996. The fourth-order valence-corrected chi connectivity index (χ4v) is 2.23. The van der Waals surface area contributed by atoms with E-state index >= 15 is 0 Å². The van der Waals surface area contributed by atoms with E-state index in [1.807, 2.05) is 0 Å². The van der Waals surface area contributed by atoms with Crippen molar-refractivity contribution in [2.75, 3.05) is 12.8 Å². The normalized spacial score (nSPS) is 11.2. The van der Waals surface area contributed by atoms with Gasteiger partial charge in [0, 0.05) is 0 Å². The molecule has 146 valence electrons. The first kappa shape index (κ1) is 19.2. The molecule has 1 aromatic heterocycles. The molecule has 0 atom stereocenters. The van der Waals surface area contributed by atoms with Crippen molar-refractivity contribution in [3.8, 4) is 29.0 Å². The minimum absolute atomic E-state index is 0.0901. The van der Waals surface area contributed by atoms with Crippen molar-refractivity contribution in [2.45, 2.75) is 6.18 Å². The maximum atomic E-state index is 13.4. The fraction of sp³-hybridized carbons (Fsp3) is 0.111. The van der Waals surface area contributed by atoms with E-state index in [9.17, 15) is 17.6 Å². The van der Waals surface area contributed by atoms with Gasteiger partial charge in [0.15, 0.2) is 17.2 Å². The lowest BCUT2D eigenvalue weighted by atomic mass is 10.2. The van der Waals surface area contributed by atoms with Gasteiger partial charge in [-0.2, -0.15) is 23.1 Å². The van der Waals surface area contributed by atoms with Gasteiger partial charge in [0.05, 0.1) is 12.7 Å². The summed E-state index contributed by atoms with van der Waals surface area (Å²) in [7, 11) is 1.45. The zero-order valence-electron chi connectivity index (χ0n) is 14.3. The summed E-state index contributed by atoms with van der Waals surface area (Å²) in [6, 6.07) is 8.87. The topological polar surface area (TPSA) is 79.5 Å². The highest BCUT2D eigenvalue weighted by Gasteiger charge is 2.34. The number of methoxy groups -OCH3 is 1. The first-order valence-electron chi connectivity index (χ1n) is 7.75. The average Bonchev–Trinajstić information content (AvgIpc) is 2.66. The van der Waals surface area contributed by atoms with Crippen LogP contribution in [0.3, 0.4) is 0 Å². The average molecular weight is 395 g/mol. The van der Waals surface area contributed by atoms with Gasteiger partial charge in [-0.15, -0.1) is 0 Å². The van der Waals surface area contributed by atoms with Crippen molar-refractivity contribution in [1.29, 1.82) is 0 Å². The predicted molar refractivity (Wildman–Crippen MR) is 91.0 cm³/mol. The van der Waals surface area contributed by atoms with Gasteiger partial charge >= 0.3 is 6.18 Å². The van der Waals surface area contributed by atoms with E-state index < -0.39 is 17.6 Å². The Morgan fingerprint density at radius 1 is 0.929 bits per heavy atom. The van der Waals surface area contributed by atoms with Gasteiger partial charge in [0.2, 0.25) is 11.8 Å². The van der Waals surface area contributed by atoms with E-state index in [-0.39, 0.29) is 23.2 Å². The van der Waals surface area contributed by atoms with Gasteiger partial charge in [-0.25, -0.2) is 4.39 Å². The number of aromatic nitrogens is 2. The molecule has 2 N–H and O–H groups in total. The molecule has 1 heterocycles. The quantitative estimate of drug-likeness (QED) is 0.625. The Kier molecular flexibility index (Phi) is 5.21. The number of hydrogen-bond donors (Lipinski definition) is 1. The Labute approximate surface area is 156 Å². The summed E-state index contributed by atoms with van der Waals surface area (Å²) < 4.78 is 68.0. The molecule has 0 aliphatic carbocycles. The molecule has 0 bridgehead atoms. The highest BCUT2D eigenvalue weighted by atomic mass is 19.4. The van der Waals surface area contributed by atoms with Gasteiger partial charge in [0.25, 0.3) is 0 Å². The van der Waals surface area contributed by atoms with Crippen LogP contribution in [0.2, 0.25) is 0 Å². The van der Waals surface area contributed by atoms with Crippen LogP contribution in [0.15, 0.2) is 48.8 Å². The summed E-state index contributed by atoms with van der Waals surface area (Å²) in [6.45, 7) is 0. The molecule has 0 spiro atoms. The molecule has 0 fully saturated rings. The second-order valence-corrected chi connectivity index (χ2v) is 5.39. The summed E-state index contributed by atoms with van der Waals surface area (Å²) in [5, 5.41) is 0. The molecular weight excluding hydrogens is 382 g/mol. The number of ether oxygens (including phenoxy) is 3. The van der Waals surface area contributed by atoms with Crippen molar-refractivity contribution >= 4 is 5.69 Å². The molecule has 0 unspecified atom stereocenters. The lowest BCUT2D eigenvalue weighted by Gasteiger charge is -2.14. The molecule has 28 heavy (non-hydrogen) atoms. The van der Waals surface area contributed by atoms with Crippen LogP contribution in [0, 0.1) is 5.82 Å². The number of rotatable bonds is 5. The smallest absolute Gasteiger partial charge is 0.419 e. The highest BCUT2D eigenvalue weighted by molar-refractivity contribution is 5.58. The molecule has 3 aromatic rings. The van der Waals surface area contributed by atoms with Crippen LogP contribution in [0.4, 0.5) is 23.2 Å². The third-order valence-electron chi connectivity index (χ3n) is 3.54. The van der Waals surface area contributed by atoms with E-state index in [0.29, 0.717) is 23.6 Å². The van der Waals surface area contributed by atoms with Crippen molar-refractivity contribution in [3.63, 3.8) is 0 Å². The predicted octanol–water partition coefficient (Wildman–Crippen LogP) is 4.81. The van der Waals surface area contributed by atoms with E-state index in [4.69, 9.17) is 19.9 Å². The summed E-state index contributed by atoms with van der Waals surface area (Å²) in [5.41, 5.74) is 4.28. The van der Waals surface area contributed by atoms with Gasteiger partial charge in [-0.3, -0.25) is 0 Å². The fourth-order valence-electron chi connectivity index (χ4n) is 2.23. The molecule has 0 aliphatic rings. The van der Waals surface area contributed by atoms with Crippen LogP contribution in [-0.4, -0.2) is 17.1 Å². The molecule has 3 rings (SSSR count). The SMILES string of the molecule is COc1ccccc1Oc1ncnc(Oc2ccc(F)c(C(F)(F)F)c2)c1N. The number of alkyl halides is 3. The largest absolute Gasteiger partial charge is 0.493 e. The molecule has 6 nitrogen and oxygen atoms in total. The van der Waals surface area contributed by atoms with Crippen LogP contribution in [0.1, 0.15) is 5.56 Å². The van der Waals surface area contributed by atoms with Gasteiger partial charge in [-0.1, -0.05) is 12.1 Å². The third-order valence-corrected chi connectivity index (χ3v) is 3.54.